The van der Waals surface area contributed by atoms with Gasteiger partial charge in [-0.2, -0.15) is 0 Å². The number of benzene rings is 1. The first-order valence-corrected chi connectivity index (χ1v) is 6.80. The zero-order valence-electron chi connectivity index (χ0n) is 11.7. The topological polar surface area (TPSA) is 75.8 Å². The van der Waals surface area contributed by atoms with Crippen molar-refractivity contribution in [3.05, 3.63) is 29.8 Å². The molecule has 110 valence electrons. The second-order valence-corrected chi connectivity index (χ2v) is 4.90. The van der Waals surface area contributed by atoms with Crippen LogP contribution in [-0.2, 0) is 4.79 Å². The average molecular weight is 296 g/mol. The number of rotatable bonds is 8. The molecule has 0 amide bonds. The van der Waals surface area contributed by atoms with Gasteiger partial charge < -0.3 is 15.6 Å². The fourth-order valence-electron chi connectivity index (χ4n) is 1.95. The van der Waals surface area contributed by atoms with E-state index in [9.17, 15) is 4.79 Å². The van der Waals surface area contributed by atoms with Crippen molar-refractivity contribution < 1.29 is 14.6 Å². The summed E-state index contributed by atoms with van der Waals surface area (Å²) < 4.78 is 5.39. The molecule has 0 aliphatic carbocycles. The number of carbonyl (C=O) groups is 1. The van der Waals surface area contributed by atoms with Gasteiger partial charge in [0.15, 0.2) is 0 Å². The van der Waals surface area contributed by atoms with Crippen LogP contribution < -0.4 is 10.5 Å². The molecule has 20 heavy (non-hydrogen) atoms. The Hall–Kier alpha value is -1.66. The summed E-state index contributed by atoms with van der Waals surface area (Å²) in [7, 11) is 1.81. The molecular formula is C14H20N2O3S. The van der Waals surface area contributed by atoms with Crippen LogP contribution in [0.15, 0.2) is 24.3 Å². The number of nitrogens with two attached hydrogens (primary N) is 1. The zero-order valence-corrected chi connectivity index (χ0v) is 12.5. The highest BCUT2D eigenvalue weighted by Crippen LogP contribution is 2.23. The molecule has 0 bridgehead atoms. The molecule has 0 fully saturated rings. The number of aliphatic carboxylic acids is 1. The Labute approximate surface area is 124 Å². The van der Waals surface area contributed by atoms with E-state index in [1.165, 1.54) is 0 Å². The molecule has 0 saturated heterocycles. The normalized spacial score (nSPS) is 12.2. The Morgan fingerprint density at radius 2 is 2.05 bits per heavy atom. The highest BCUT2D eigenvalue weighted by molar-refractivity contribution is 7.80. The molecule has 1 atom stereocenters. The third-order valence-corrected chi connectivity index (χ3v) is 3.12. The summed E-state index contributed by atoms with van der Waals surface area (Å²) in [6.07, 6.45) is 0.0483. The number of thiocarbonyl (C=S) groups is 1. The Morgan fingerprint density at radius 1 is 1.45 bits per heavy atom. The van der Waals surface area contributed by atoms with E-state index in [1.807, 2.05) is 43.1 Å². The lowest BCUT2D eigenvalue weighted by Gasteiger charge is -2.27. The lowest BCUT2D eigenvalue weighted by atomic mass is 10.1. The first kappa shape index (κ1) is 16.4. The van der Waals surface area contributed by atoms with Gasteiger partial charge in [-0.3, -0.25) is 9.69 Å². The number of carboxylic acids is 1. The molecular weight excluding hydrogens is 276 g/mol. The number of hydrogen-bond donors (Lipinski definition) is 2. The number of ether oxygens (including phenoxy) is 1. The fourth-order valence-corrected chi connectivity index (χ4v) is 2.27. The molecule has 0 aliphatic heterocycles. The molecule has 0 radical (unpaired) electrons. The standard InChI is InChI=1S/C14H20N2O3S/c1-3-19-11-6-4-10(5-7-11)13(14(15)20)16(2)9-8-12(17)18/h4-7,13H,3,8-9H2,1-2H3,(H2,15,20)(H,17,18). The predicted molar refractivity (Wildman–Crippen MR) is 82.0 cm³/mol. The van der Waals surface area contributed by atoms with E-state index in [4.69, 9.17) is 27.8 Å². The largest absolute Gasteiger partial charge is 0.494 e. The van der Waals surface area contributed by atoms with Gasteiger partial charge >= 0.3 is 5.97 Å². The van der Waals surface area contributed by atoms with E-state index >= 15 is 0 Å². The van der Waals surface area contributed by atoms with Crippen LogP contribution in [0, 0.1) is 0 Å². The molecule has 1 aromatic carbocycles. The summed E-state index contributed by atoms with van der Waals surface area (Å²) in [5, 5.41) is 8.74. The molecule has 6 heteroatoms. The van der Waals surface area contributed by atoms with E-state index in [1.54, 1.807) is 0 Å². The minimum absolute atomic E-state index is 0.0483. The number of likely N-dealkylation sites (N-methyl/N-ethyl adjacent to an activating group) is 1. The monoisotopic (exact) mass is 296 g/mol. The van der Waals surface area contributed by atoms with E-state index in [2.05, 4.69) is 0 Å². The lowest BCUT2D eigenvalue weighted by Crippen LogP contribution is -2.35. The molecule has 0 saturated carbocycles. The third-order valence-electron chi connectivity index (χ3n) is 2.90. The lowest BCUT2D eigenvalue weighted by molar-refractivity contribution is -0.137. The van der Waals surface area contributed by atoms with Crippen molar-refractivity contribution in [2.45, 2.75) is 19.4 Å². The first-order valence-electron chi connectivity index (χ1n) is 6.39. The molecule has 5 nitrogen and oxygen atoms in total. The van der Waals surface area contributed by atoms with Crippen LogP contribution in [0.25, 0.3) is 0 Å². The Morgan fingerprint density at radius 3 is 2.50 bits per heavy atom. The predicted octanol–water partition coefficient (Wildman–Crippen LogP) is 1.82. The van der Waals surface area contributed by atoms with Gasteiger partial charge in [-0.15, -0.1) is 0 Å². The van der Waals surface area contributed by atoms with Gasteiger partial charge in [0.25, 0.3) is 0 Å². The minimum Gasteiger partial charge on any atom is -0.494 e. The third kappa shape index (κ3) is 4.79. The highest BCUT2D eigenvalue weighted by Gasteiger charge is 2.20. The maximum Gasteiger partial charge on any atom is 0.304 e. The van der Waals surface area contributed by atoms with E-state index in [0.29, 0.717) is 18.1 Å². The maximum absolute atomic E-state index is 10.6. The van der Waals surface area contributed by atoms with E-state index in [0.717, 1.165) is 11.3 Å². The minimum atomic E-state index is -0.842. The van der Waals surface area contributed by atoms with Gasteiger partial charge in [-0.05, 0) is 31.7 Å². The van der Waals surface area contributed by atoms with Crippen molar-refractivity contribution in [1.82, 2.24) is 4.90 Å². The highest BCUT2D eigenvalue weighted by atomic mass is 32.1. The summed E-state index contributed by atoms with van der Waals surface area (Å²) in [5.41, 5.74) is 6.71. The molecule has 1 rings (SSSR count). The number of hydrogen-bond acceptors (Lipinski definition) is 4. The van der Waals surface area contributed by atoms with Crippen molar-refractivity contribution in [2.24, 2.45) is 5.73 Å². The van der Waals surface area contributed by atoms with Crippen LogP contribution in [0.4, 0.5) is 0 Å². The molecule has 1 aromatic rings. The van der Waals surface area contributed by atoms with Gasteiger partial charge in [-0.1, -0.05) is 24.4 Å². The first-order chi connectivity index (χ1) is 9.45. The van der Waals surface area contributed by atoms with Gasteiger partial charge in [0.1, 0.15) is 5.75 Å². The smallest absolute Gasteiger partial charge is 0.304 e. The summed E-state index contributed by atoms with van der Waals surface area (Å²) in [5.74, 6) is -0.0589. The number of carboxylic acid groups (broad SMARTS) is 1. The van der Waals surface area contributed by atoms with Gasteiger partial charge in [0.05, 0.1) is 24.1 Å². The molecule has 0 heterocycles. The molecule has 0 aromatic heterocycles. The van der Waals surface area contributed by atoms with Crippen molar-refractivity contribution in [3.63, 3.8) is 0 Å². The quantitative estimate of drug-likeness (QED) is 0.713. The Kier molecular flexibility index (Phi) is 6.41. The Bertz CT molecular complexity index is 462. The molecule has 1 unspecified atom stereocenters. The summed E-state index contributed by atoms with van der Waals surface area (Å²) in [6, 6.07) is 7.22. The average Bonchev–Trinajstić information content (AvgIpc) is 2.38. The van der Waals surface area contributed by atoms with Crippen LogP contribution in [0.3, 0.4) is 0 Å². The van der Waals surface area contributed by atoms with Crippen LogP contribution in [0.2, 0.25) is 0 Å². The fraction of sp³-hybridized carbons (Fsp3) is 0.429. The van der Waals surface area contributed by atoms with Gasteiger partial charge in [0, 0.05) is 6.54 Å². The van der Waals surface area contributed by atoms with Crippen molar-refractivity contribution in [2.75, 3.05) is 20.2 Å². The van der Waals surface area contributed by atoms with Gasteiger partial charge in [0.2, 0.25) is 0 Å². The summed E-state index contributed by atoms with van der Waals surface area (Å²) in [4.78, 5) is 12.8. The van der Waals surface area contributed by atoms with Crippen molar-refractivity contribution in [1.29, 1.82) is 0 Å². The summed E-state index contributed by atoms with van der Waals surface area (Å²) in [6.45, 7) is 2.91. The van der Waals surface area contributed by atoms with Gasteiger partial charge in [-0.25, -0.2) is 0 Å². The van der Waals surface area contributed by atoms with Crippen LogP contribution in [0.5, 0.6) is 5.75 Å². The maximum atomic E-state index is 10.6. The summed E-state index contributed by atoms with van der Waals surface area (Å²) >= 11 is 5.10. The zero-order chi connectivity index (χ0) is 15.1. The van der Waals surface area contributed by atoms with E-state index in [-0.39, 0.29) is 12.5 Å². The SMILES string of the molecule is CCOc1ccc(C(C(N)=S)N(C)CCC(=O)O)cc1. The van der Waals surface area contributed by atoms with Crippen LogP contribution in [-0.4, -0.2) is 41.2 Å². The second kappa shape index (κ2) is 7.81. The Balaban J connectivity index is 2.84. The van der Waals surface area contributed by atoms with Crippen LogP contribution in [0.1, 0.15) is 24.9 Å². The number of nitrogens with zero attached hydrogens (tertiary/aromatic N) is 1. The molecule has 0 aliphatic rings. The van der Waals surface area contributed by atoms with Crippen molar-refractivity contribution >= 4 is 23.2 Å². The van der Waals surface area contributed by atoms with Crippen LogP contribution >= 0.6 is 12.2 Å². The van der Waals surface area contributed by atoms with E-state index < -0.39 is 5.97 Å². The molecule has 3 N–H and O–H groups in total. The van der Waals surface area contributed by atoms with Crippen molar-refractivity contribution in [3.8, 4) is 5.75 Å². The second-order valence-electron chi connectivity index (χ2n) is 4.43. The molecule has 0 spiro atoms.